The minimum Gasteiger partial charge on any atom is -0.493 e. The van der Waals surface area contributed by atoms with Crippen molar-refractivity contribution in [3.05, 3.63) is 40.7 Å². The van der Waals surface area contributed by atoms with Crippen LogP contribution < -0.4 is 20.1 Å². The van der Waals surface area contributed by atoms with E-state index in [2.05, 4.69) is 20.8 Å². The van der Waals surface area contributed by atoms with E-state index in [0.717, 1.165) is 29.8 Å². The van der Waals surface area contributed by atoms with Gasteiger partial charge in [-0.05, 0) is 24.6 Å². The lowest BCUT2D eigenvalue weighted by atomic mass is 10.1. The predicted molar refractivity (Wildman–Crippen MR) is 96.7 cm³/mol. The largest absolute Gasteiger partial charge is 0.493 e. The first-order chi connectivity index (χ1) is 11.6. The van der Waals surface area contributed by atoms with Gasteiger partial charge in [0.25, 0.3) is 5.91 Å². The standard InChI is InChI=1S/C17H22N4O3.ClH/c1-10(11-4-5-14(23-2)15(8-11)24-3)19-17(22)16-12-9-18-7-6-13(12)20-21-16;/h4-5,8,10,18H,6-7,9H2,1-3H3,(H,19,22)(H,20,21);1H. The van der Waals surface area contributed by atoms with E-state index in [4.69, 9.17) is 9.47 Å². The molecule has 8 heteroatoms. The van der Waals surface area contributed by atoms with Crippen molar-refractivity contribution < 1.29 is 14.3 Å². The zero-order valence-electron chi connectivity index (χ0n) is 14.5. The maximum atomic E-state index is 12.6. The van der Waals surface area contributed by atoms with Gasteiger partial charge in [-0.15, -0.1) is 12.4 Å². The molecule has 1 amide bonds. The number of methoxy groups -OCH3 is 2. The fraction of sp³-hybridized carbons (Fsp3) is 0.412. The fourth-order valence-electron chi connectivity index (χ4n) is 2.88. The smallest absolute Gasteiger partial charge is 0.272 e. The van der Waals surface area contributed by atoms with Gasteiger partial charge >= 0.3 is 0 Å². The molecule has 7 nitrogen and oxygen atoms in total. The van der Waals surface area contributed by atoms with Crippen molar-refractivity contribution in [1.29, 1.82) is 0 Å². The van der Waals surface area contributed by atoms with Crippen LogP contribution in [0.2, 0.25) is 0 Å². The molecule has 1 unspecified atom stereocenters. The molecular formula is C17H23ClN4O3. The summed E-state index contributed by atoms with van der Waals surface area (Å²) in [5.74, 6) is 1.11. The van der Waals surface area contributed by atoms with Crippen LogP contribution in [0.15, 0.2) is 18.2 Å². The molecule has 0 spiro atoms. The van der Waals surface area contributed by atoms with Gasteiger partial charge in [0.15, 0.2) is 17.2 Å². The molecule has 0 saturated carbocycles. The summed E-state index contributed by atoms with van der Waals surface area (Å²) in [6, 6.07) is 5.43. The van der Waals surface area contributed by atoms with Crippen LogP contribution in [0, 0.1) is 0 Å². The van der Waals surface area contributed by atoms with Gasteiger partial charge in [-0.25, -0.2) is 0 Å². The normalized spacial score (nSPS) is 14.0. The number of carbonyl (C=O) groups is 1. The van der Waals surface area contributed by atoms with E-state index in [1.165, 1.54) is 0 Å². The number of aromatic amines is 1. The number of nitrogens with one attached hydrogen (secondary N) is 3. The molecule has 1 atom stereocenters. The monoisotopic (exact) mass is 366 g/mol. The predicted octanol–water partition coefficient (Wildman–Crippen LogP) is 1.99. The third-order valence-electron chi connectivity index (χ3n) is 4.28. The average molecular weight is 367 g/mol. The minimum absolute atomic E-state index is 0. The molecule has 3 N–H and O–H groups in total. The quantitative estimate of drug-likeness (QED) is 0.753. The lowest BCUT2D eigenvalue weighted by Crippen LogP contribution is -2.30. The molecule has 0 radical (unpaired) electrons. The van der Waals surface area contributed by atoms with E-state index >= 15 is 0 Å². The summed E-state index contributed by atoms with van der Waals surface area (Å²) in [6.07, 6.45) is 0.862. The average Bonchev–Trinajstić information content (AvgIpc) is 3.05. The number of fused-ring (bicyclic) bond motifs is 1. The Bertz CT molecular complexity index is 747. The van der Waals surface area contributed by atoms with Crippen LogP contribution in [0.4, 0.5) is 0 Å². The molecule has 2 aromatic rings. The number of aromatic nitrogens is 2. The second-order valence-electron chi connectivity index (χ2n) is 5.77. The van der Waals surface area contributed by atoms with Crippen molar-refractivity contribution in [3.8, 4) is 11.5 Å². The number of ether oxygens (including phenoxy) is 2. The highest BCUT2D eigenvalue weighted by molar-refractivity contribution is 5.94. The van der Waals surface area contributed by atoms with Crippen LogP contribution in [0.3, 0.4) is 0 Å². The molecule has 3 rings (SSSR count). The van der Waals surface area contributed by atoms with Crippen molar-refractivity contribution in [2.45, 2.75) is 25.9 Å². The van der Waals surface area contributed by atoms with Crippen LogP contribution in [-0.2, 0) is 13.0 Å². The summed E-state index contributed by atoms with van der Waals surface area (Å²) in [6.45, 7) is 3.49. The van der Waals surface area contributed by atoms with Crippen molar-refractivity contribution in [2.75, 3.05) is 20.8 Å². The second kappa shape index (κ2) is 8.22. The first kappa shape index (κ1) is 19.1. The Morgan fingerprint density at radius 3 is 2.76 bits per heavy atom. The summed E-state index contributed by atoms with van der Waals surface area (Å²) < 4.78 is 10.6. The first-order valence-corrected chi connectivity index (χ1v) is 7.93. The minimum atomic E-state index is -0.182. The summed E-state index contributed by atoms with van der Waals surface area (Å²) in [5, 5.41) is 13.4. The van der Waals surface area contributed by atoms with Gasteiger partial charge < -0.3 is 20.1 Å². The van der Waals surface area contributed by atoms with Crippen LogP contribution in [0.25, 0.3) is 0 Å². The number of hydrogen-bond acceptors (Lipinski definition) is 5. The third kappa shape index (κ3) is 3.88. The number of amides is 1. The summed E-state index contributed by atoms with van der Waals surface area (Å²) in [4.78, 5) is 12.6. The van der Waals surface area contributed by atoms with E-state index < -0.39 is 0 Å². The SMILES string of the molecule is COc1ccc(C(C)NC(=O)c2n[nH]c3c2CNCC3)cc1OC.Cl. The van der Waals surface area contributed by atoms with E-state index in [9.17, 15) is 4.79 Å². The van der Waals surface area contributed by atoms with Gasteiger partial charge in [-0.3, -0.25) is 9.89 Å². The summed E-state index contributed by atoms with van der Waals surface area (Å²) in [7, 11) is 3.19. The number of rotatable bonds is 5. The number of benzene rings is 1. The maximum Gasteiger partial charge on any atom is 0.272 e. The summed E-state index contributed by atoms with van der Waals surface area (Å²) in [5.41, 5.74) is 3.39. The maximum absolute atomic E-state index is 12.6. The highest BCUT2D eigenvalue weighted by Gasteiger charge is 2.23. The second-order valence-corrected chi connectivity index (χ2v) is 5.77. The highest BCUT2D eigenvalue weighted by Crippen LogP contribution is 2.30. The number of hydrogen-bond donors (Lipinski definition) is 3. The Hall–Kier alpha value is -2.25. The van der Waals surface area contributed by atoms with Crippen molar-refractivity contribution in [2.24, 2.45) is 0 Å². The molecule has 0 saturated heterocycles. The molecule has 0 aliphatic carbocycles. The molecule has 1 aliphatic rings. The van der Waals surface area contributed by atoms with E-state index in [-0.39, 0.29) is 24.4 Å². The molecule has 25 heavy (non-hydrogen) atoms. The van der Waals surface area contributed by atoms with Crippen molar-refractivity contribution in [1.82, 2.24) is 20.8 Å². The Morgan fingerprint density at radius 2 is 2.04 bits per heavy atom. The van der Waals surface area contributed by atoms with Crippen LogP contribution in [0.5, 0.6) is 11.5 Å². The molecule has 2 heterocycles. The number of halogens is 1. The van der Waals surface area contributed by atoms with Crippen molar-refractivity contribution >= 4 is 18.3 Å². The van der Waals surface area contributed by atoms with E-state index in [1.54, 1.807) is 14.2 Å². The zero-order chi connectivity index (χ0) is 17.1. The fourth-order valence-corrected chi connectivity index (χ4v) is 2.88. The van der Waals surface area contributed by atoms with Crippen LogP contribution in [0.1, 0.15) is 40.3 Å². The van der Waals surface area contributed by atoms with Gasteiger partial charge in [0.05, 0.1) is 20.3 Å². The summed E-state index contributed by atoms with van der Waals surface area (Å²) >= 11 is 0. The van der Waals surface area contributed by atoms with Gasteiger partial charge in [0.2, 0.25) is 0 Å². The Labute approximate surface area is 152 Å². The van der Waals surface area contributed by atoms with Gasteiger partial charge in [-0.2, -0.15) is 5.10 Å². The van der Waals surface area contributed by atoms with Crippen molar-refractivity contribution in [3.63, 3.8) is 0 Å². The highest BCUT2D eigenvalue weighted by atomic mass is 35.5. The lowest BCUT2D eigenvalue weighted by Gasteiger charge is -2.17. The Morgan fingerprint density at radius 1 is 1.28 bits per heavy atom. The molecular weight excluding hydrogens is 344 g/mol. The van der Waals surface area contributed by atoms with Gasteiger partial charge in [0, 0.05) is 30.8 Å². The lowest BCUT2D eigenvalue weighted by molar-refractivity contribution is 0.0933. The number of nitrogens with zero attached hydrogens (tertiary/aromatic N) is 1. The molecule has 136 valence electrons. The van der Waals surface area contributed by atoms with E-state index in [1.807, 2.05) is 25.1 Å². The zero-order valence-corrected chi connectivity index (χ0v) is 15.3. The van der Waals surface area contributed by atoms with Crippen LogP contribution in [-0.4, -0.2) is 36.9 Å². The molecule has 1 aromatic carbocycles. The third-order valence-corrected chi connectivity index (χ3v) is 4.28. The van der Waals surface area contributed by atoms with E-state index in [0.29, 0.717) is 23.7 Å². The van der Waals surface area contributed by atoms with Gasteiger partial charge in [-0.1, -0.05) is 6.07 Å². The molecule has 1 aliphatic heterocycles. The topological polar surface area (TPSA) is 88.3 Å². The number of H-pyrrole nitrogens is 1. The number of carbonyl (C=O) groups excluding carboxylic acids is 1. The Balaban J connectivity index is 0.00000225. The molecule has 0 fully saturated rings. The van der Waals surface area contributed by atoms with Gasteiger partial charge in [0.1, 0.15) is 0 Å². The first-order valence-electron chi connectivity index (χ1n) is 7.93. The van der Waals surface area contributed by atoms with Crippen LogP contribution >= 0.6 is 12.4 Å². The molecule has 1 aromatic heterocycles. The molecule has 0 bridgehead atoms. The Kier molecular flexibility index (Phi) is 6.27.